The van der Waals surface area contributed by atoms with Crippen molar-refractivity contribution in [3.05, 3.63) is 29.8 Å². The van der Waals surface area contributed by atoms with Crippen LogP contribution in [-0.4, -0.2) is 63.9 Å². The average Bonchev–Trinajstić information content (AvgIpc) is 3.04. The fourth-order valence-electron chi connectivity index (χ4n) is 3.29. The molecular weight excluding hydrogens is 280 g/mol. The molecule has 2 aliphatic heterocycles. The summed E-state index contributed by atoms with van der Waals surface area (Å²) in [7, 11) is 1.72. The highest BCUT2D eigenvalue weighted by atomic mass is 16.5. The summed E-state index contributed by atoms with van der Waals surface area (Å²) in [6.07, 6.45) is 1.03. The first kappa shape index (κ1) is 15.3. The molecule has 1 amide bonds. The van der Waals surface area contributed by atoms with Gasteiger partial charge in [-0.15, -0.1) is 0 Å². The van der Waals surface area contributed by atoms with Crippen molar-refractivity contribution in [2.75, 3.05) is 58.0 Å². The molecule has 0 unspecified atom stereocenters. The van der Waals surface area contributed by atoms with Gasteiger partial charge in [-0.3, -0.25) is 4.79 Å². The van der Waals surface area contributed by atoms with E-state index in [4.69, 9.17) is 9.47 Å². The largest absolute Gasteiger partial charge is 0.384 e. The molecule has 1 aromatic rings. The molecule has 3 rings (SSSR count). The van der Waals surface area contributed by atoms with Crippen molar-refractivity contribution >= 4 is 11.6 Å². The van der Waals surface area contributed by atoms with Crippen LogP contribution in [0.5, 0.6) is 0 Å². The van der Waals surface area contributed by atoms with Gasteiger partial charge in [-0.2, -0.15) is 0 Å². The van der Waals surface area contributed by atoms with Crippen LogP contribution in [0.4, 0.5) is 5.69 Å². The highest BCUT2D eigenvalue weighted by molar-refractivity contribution is 6.00. The number of ether oxygens (including phenoxy) is 2. The second-order valence-electron chi connectivity index (χ2n) is 5.98. The lowest BCUT2D eigenvalue weighted by Crippen LogP contribution is -2.38. The molecule has 22 heavy (non-hydrogen) atoms. The lowest BCUT2D eigenvalue weighted by Gasteiger charge is -2.31. The summed E-state index contributed by atoms with van der Waals surface area (Å²) in [6, 6.07) is 7.93. The fraction of sp³-hybridized carbons (Fsp3) is 0.588. The Morgan fingerprint density at radius 3 is 2.82 bits per heavy atom. The van der Waals surface area contributed by atoms with E-state index in [2.05, 4.69) is 4.90 Å². The van der Waals surface area contributed by atoms with Crippen LogP contribution in [0.3, 0.4) is 0 Å². The fourth-order valence-corrected chi connectivity index (χ4v) is 3.29. The van der Waals surface area contributed by atoms with Crippen molar-refractivity contribution in [1.29, 1.82) is 0 Å². The third kappa shape index (κ3) is 3.25. The summed E-state index contributed by atoms with van der Waals surface area (Å²) in [4.78, 5) is 17.1. The summed E-state index contributed by atoms with van der Waals surface area (Å²) in [5.41, 5.74) is 1.84. The van der Waals surface area contributed by atoms with Crippen molar-refractivity contribution < 1.29 is 14.3 Å². The molecule has 2 heterocycles. The molecule has 2 saturated heterocycles. The van der Waals surface area contributed by atoms with Crippen LogP contribution in [0.1, 0.15) is 16.8 Å². The number of anilines is 1. The Morgan fingerprint density at radius 1 is 1.27 bits per heavy atom. The quantitative estimate of drug-likeness (QED) is 0.848. The van der Waals surface area contributed by atoms with E-state index in [1.807, 2.05) is 29.2 Å². The maximum atomic E-state index is 12.9. The summed E-state index contributed by atoms with van der Waals surface area (Å²) in [5, 5.41) is 0. The Hall–Kier alpha value is -1.59. The van der Waals surface area contributed by atoms with Gasteiger partial charge < -0.3 is 19.3 Å². The van der Waals surface area contributed by atoms with Gasteiger partial charge in [0.1, 0.15) is 0 Å². The standard InChI is InChI=1S/C17H24N2O3/c1-21-13-14-6-7-19(12-14)17(20)15-4-2-3-5-16(15)18-8-10-22-11-9-18/h2-5,14H,6-13H2,1H3/t14-/m1/s1. The zero-order valence-electron chi connectivity index (χ0n) is 13.2. The Balaban J connectivity index is 1.75. The minimum Gasteiger partial charge on any atom is -0.384 e. The normalized spacial score (nSPS) is 22.1. The summed E-state index contributed by atoms with van der Waals surface area (Å²) in [5.74, 6) is 0.602. The second kappa shape index (κ2) is 7.11. The van der Waals surface area contributed by atoms with Crippen LogP contribution in [0, 0.1) is 5.92 Å². The Bertz CT molecular complexity index is 514. The van der Waals surface area contributed by atoms with Gasteiger partial charge in [0, 0.05) is 44.9 Å². The lowest BCUT2D eigenvalue weighted by atomic mass is 10.1. The summed E-state index contributed by atoms with van der Waals surface area (Å²) < 4.78 is 10.6. The highest BCUT2D eigenvalue weighted by Gasteiger charge is 2.29. The average molecular weight is 304 g/mol. The third-order valence-electron chi connectivity index (χ3n) is 4.46. The summed E-state index contributed by atoms with van der Waals surface area (Å²) in [6.45, 7) is 5.49. The Morgan fingerprint density at radius 2 is 2.05 bits per heavy atom. The van der Waals surface area contributed by atoms with Crippen LogP contribution in [0.25, 0.3) is 0 Å². The number of amides is 1. The van der Waals surface area contributed by atoms with Gasteiger partial charge in [-0.25, -0.2) is 0 Å². The number of carbonyl (C=O) groups is 1. The Kier molecular flexibility index (Phi) is 4.95. The zero-order chi connectivity index (χ0) is 15.4. The number of hydrogen-bond donors (Lipinski definition) is 0. The molecule has 5 heteroatoms. The SMILES string of the molecule is COC[C@@H]1CCN(C(=O)c2ccccc2N2CCOCC2)C1. The van der Waals surface area contributed by atoms with Gasteiger partial charge in [-0.05, 0) is 18.6 Å². The van der Waals surface area contributed by atoms with Crippen LogP contribution in [0.15, 0.2) is 24.3 Å². The van der Waals surface area contributed by atoms with Crippen LogP contribution in [-0.2, 0) is 9.47 Å². The van der Waals surface area contributed by atoms with Gasteiger partial charge in [0.25, 0.3) is 5.91 Å². The minimum atomic E-state index is 0.140. The molecule has 1 aromatic carbocycles. The predicted molar refractivity (Wildman–Crippen MR) is 85.4 cm³/mol. The first-order valence-corrected chi connectivity index (χ1v) is 7.99. The van der Waals surface area contributed by atoms with Gasteiger partial charge in [0.05, 0.1) is 25.4 Å². The number of para-hydroxylation sites is 1. The maximum Gasteiger partial charge on any atom is 0.255 e. The number of hydrogen-bond acceptors (Lipinski definition) is 4. The zero-order valence-corrected chi connectivity index (χ0v) is 13.2. The summed E-state index contributed by atoms with van der Waals surface area (Å²) >= 11 is 0. The highest BCUT2D eigenvalue weighted by Crippen LogP contribution is 2.25. The number of carbonyl (C=O) groups excluding carboxylic acids is 1. The van der Waals surface area contributed by atoms with Gasteiger partial charge in [-0.1, -0.05) is 12.1 Å². The number of nitrogens with zero attached hydrogens (tertiary/aromatic N) is 2. The third-order valence-corrected chi connectivity index (χ3v) is 4.46. The van der Waals surface area contributed by atoms with Crippen molar-refractivity contribution in [1.82, 2.24) is 4.90 Å². The van der Waals surface area contributed by atoms with E-state index in [9.17, 15) is 4.79 Å². The monoisotopic (exact) mass is 304 g/mol. The molecule has 0 bridgehead atoms. The minimum absolute atomic E-state index is 0.140. The molecule has 1 atom stereocenters. The molecule has 120 valence electrons. The lowest BCUT2D eigenvalue weighted by molar-refractivity contribution is 0.0775. The van der Waals surface area contributed by atoms with Crippen molar-refractivity contribution in [2.24, 2.45) is 5.92 Å². The number of methoxy groups -OCH3 is 1. The number of morpholine rings is 1. The van der Waals surface area contributed by atoms with E-state index in [1.54, 1.807) is 7.11 Å². The van der Waals surface area contributed by atoms with Crippen molar-refractivity contribution in [3.8, 4) is 0 Å². The topological polar surface area (TPSA) is 42.0 Å². The van der Waals surface area contributed by atoms with E-state index < -0.39 is 0 Å². The smallest absolute Gasteiger partial charge is 0.255 e. The molecule has 0 spiro atoms. The van der Waals surface area contributed by atoms with E-state index in [1.165, 1.54) is 0 Å². The predicted octanol–water partition coefficient (Wildman–Crippen LogP) is 1.63. The molecule has 0 aromatic heterocycles. The molecular formula is C17H24N2O3. The van der Waals surface area contributed by atoms with E-state index in [0.717, 1.165) is 63.7 Å². The molecule has 0 saturated carbocycles. The molecule has 2 aliphatic rings. The number of benzene rings is 1. The molecule has 2 fully saturated rings. The van der Waals surface area contributed by atoms with E-state index in [0.29, 0.717) is 5.92 Å². The first-order valence-electron chi connectivity index (χ1n) is 7.99. The maximum absolute atomic E-state index is 12.9. The van der Waals surface area contributed by atoms with Crippen molar-refractivity contribution in [3.63, 3.8) is 0 Å². The van der Waals surface area contributed by atoms with Crippen LogP contribution >= 0.6 is 0 Å². The van der Waals surface area contributed by atoms with Gasteiger partial charge >= 0.3 is 0 Å². The van der Waals surface area contributed by atoms with Gasteiger partial charge in [0.2, 0.25) is 0 Å². The van der Waals surface area contributed by atoms with E-state index in [-0.39, 0.29) is 5.91 Å². The molecule has 0 N–H and O–H groups in total. The first-order chi connectivity index (χ1) is 10.8. The number of rotatable bonds is 4. The van der Waals surface area contributed by atoms with Crippen LogP contribution < -0.4 is 4.90 Å². The van der Waals surface area contributed by atoms with Crippen molar-refractivity contribution in [2.45, 2.75) is 6.42 Å². The molecule has 0 radical (unpaired) electrons. The molecule has 5 nitrogen and oxygen atoms in total. The Labute approximate surface area is 131 Å². The van der Waals surface area contributed by atoms with Gasteiger partial charge in [0.15, 0.2) is 0 Å². The van der Waals surface area contributed by atoms with Crippen LogP contribution in [0.2, 0.25) is 0 Å². The van der Waals surface area contributed by atoms with E-state index >= 15 is 0 Å². The number of likely N-dealkylation sites (tertiary alicyclic amines) is 1. The second-order valence-corrected chi connectivity index (χ2v) is 5.98. The molecule has 0 aliphatic carbocycles.